The van der Waals surface area contributed by atoms with Crippen molar-refractivity contribution >= 4 is 40.8 Å². The molecule has 0 bridgehead atoms. The van der Waals surface area contributed by atoms with Crippen LogP contribution in [0.15, 0.2) is 53.4 Å². The van der Waals surface area contributed by atoms with Crippen molar-refractivity contribution in [2.45, 2.75) is 11.8 Å². The Labute approximate surface area is 160 Å². The summed E-state index contributed by atoms with van der Waals surface area (Å²) in [6, 6.07) is 12.4. The number of carboxylic acids is 1. The lowest BCUT2D eigenvalue weighted by Gasteiger charge is -2.08. The summed E-state index contributed by atoms with van der Waals surface area (Å²) in [7, 11) is 0. The fourth-order valence-electron chi connectivity index (χ4n) is 2.10. The largest absolute Gasteiger partial charge is 0.593 e. The molecule has 0 atom stereocenters. The van der Waals surface area contributed by atoms with Gasteiger partial charge >= 0.3 is 5.97 Å². The first-order chi connectivity index (χ1) is 12.3. The Bertz CT molecular complexity index is 834. The fraction of sp³-hybridized carbons (Fsp3) is 0.158. The predicted octanol–water partition coefficient (Wildman–Crippen LogP) is 3.99. The van der Waals surface area contributed by atoms with Crippen molar-refractivity contribution in [3.63, 3.8) is 0 Å². The standard InChI is InChI=1S/C19H18ClNO4S/c1-12-8-16(6-7-18(12)25-10-19(23)24)26-11-15(21)9-17(22)13-2-4-14(20)5-3-13/h2-9,21-22H,10-11H2,1H3,(H,23,24)/p+1/b17-9-,21-15?. The molecule has 5 nitrogen and oxygen atoms in total. The molecule has 7 heteroatoms. The molecular weight excluding hydrogens is 374 g/mol. The number of ether oxygens (including phenoxy) is 1. The van der Waals surface area contributed by atoms with Crippen LogP contribution in [0.2, 0.25) is 5.02 Å². The molecule has 2 aromatic carbocycles. The van der Waals surface area contributed by atoms with Gasteiger partial charge < -0.3 is 20.4 Å². The van der Waals surface area contributed by atoms with Gasteiger partial charge in [0.15, 0.2) is 6.61 Å². The van der Waals surface area contributed by atoms with Gasteiger partial charge in [-0.1, -0.05) is 11.6 Å². The second-order valence-electron chi connectivity index (χ2n) is 5.49. The highest BCUT2D eigenvalue weighted by Gasteiger charge is 2.08. The third-order valence-corrected chi connectivity index (χ3v) is 4.66. The van der Waals surface area contributed by atoms with Crippen LogP contribution in [-0.4, -0.2) is 34.3 Å². The lowest BCUT2D eigenvalue weighted by atomic mass is 10.1. The van der Waals surface area contributed by atoms with Crippen molar-refractivity contribution in [3.8, 4) is 5.75 Å². The van der Waals surface area contributed by atoms with E-state index in [1.807, 2.05) is 19.1 Å². The van der Waals surface area contributed by atoms with Crippen LogP contribution in [0.3, 0.4) is 0 Å². The van der Waals surface area contributed by atoms with E-state index < -0.39 is 5.97 Å². The molecular formula is C19H19ClNO4S+. The average Bonchev–Trinajstić information content (AvgIpc) is 2.59. The number of carbonyl (C=O) groups is 1. The maximum Gasteiger partial charge on any atom is 0.341 e. The van der Waals surface area contributed by atoms with E-state index in [0.29, 0.717) is 27.8 Å². The quantitative estimate of drug-likeness (QED) is 0.307. The highest BCUT2D eigenvalue weighted by molar-refractivity contribution is 8.00. The van der Waals surface area contributed by atoms with Crippen LogP contribution in [0.4, 0.5) is 0 Å². The summed E-state index contributed by atoms with van der Waals surface area (Å²) in [5, 5.41) is 25.3. The summed E-state index contributed by atoms with van der Waals surface area (Å²) >= 11 is 7.30. The molecule has 0 aliphatic rings. The van der Waals surface area contributed by atoms with Gasteiger partial charge in [0.1, 0.15) is 5.75 Å². The van der Waals surface area contributed by atoms with Gasteiger partial charge in [-0.3, -0.25) is 0 Å². The van der Waals surface area contributed by atoms with Gasteiger partial charge in [-0.15, -0.1) is 11.8 Å². The molecule has 0 saturated carbocycles. The van der Waals surface area contributed by atoms with Gasteiger partial charge in [-0.2, -0.15) is 0 Å². The maximum absolute atomic E-state index is 10.6. The molecule has 0 aromatic heterocycles. The van der Waals surface area contributed by atoms with Crippen LogP contribution in [0, 0.1) is 12.3 Å². The first-order valence-electron chi connectivity index (χ1n) is 7.70. The van der Waals surface area contributed by atoms with E-state index in [4.69, 9.17) is 32.0 Å². The van der Waals surface area contributed by atoms with E-state index in [0.717, 1.165) is 10.5 Å². The van der Waals surface area contributed by atoms with Crippen LogP contribution in [0.1, 0.15) is 11.1 Å². The predicted molar refractivity (Wildman–Crippen MR) is 106 cm³/mol. The molecule has 26 heavy (non-hydrogen) atoms. The van der Waals surface area contributed by atoms with Crippen LogP contribution >= 0.6 is 23.4 Å². The molecule has 2 aromatic rings. The number of rotatable bonds is 8. The Balaban J connectivity index is 1.94. The van der Waals surface area contributed by atoms with Crippen molar-refractivity contribution in [3.05, 3.63) is 64.7 Å². The summed E-state index contributed by atoms with van der Waals surface area (Å²) in [6.07, 6.45) is 1.52. The van der Waals surface area contributed by atoms with Crippen LogP contribution < -0.4 is 4.74 Å². The van der Waals surface area contributed by atoms with E-state index in [1.165, 1.54) is 17.8 Å². The minimum atomic E-state index is -1.02. The Morgan fingerprint density at radius 1 is 1.31 bits per heavy atom. The molecule has 4 N–H and O–H groups in total. The van der Waals surface area contributed by atoms with Gasteiger partial charge in [0.25, 0.3) is 5.76 Å². The number of thioether (sulfide) groups is 1. The summed E-state index contributed by atoms with van der Waals surface area (Å²) in [5.41, 5.74) is 1.87. The summed E-state index contributed by atoms with van der Waals surface area (Å²) in [4.78, 5) is 11.5. The van der Waals surface area contributed by atoms with Crippen LogP contribution in [0.25, 0.3) is 5.76 Å². The second-order valence-corrected chi connectivity index (χ2v) is 6.97. The molecule has 0 saturated heterocycles. The molecule has 0 unspecified atom stereocenters. The van der Waals surface area contributed by atoms with Crippen molar-refractivity contribution in [1.82, 2.24) is 0 Å². The van der Waals surface area contributed by atoms with Gasteiger partial charge in [0.2, 0.25) is 0 Å². The zero-order valence-corrected chi connectivity index (χ0v) is 15.7. The van der Waals surface area contributed by atoms with Crippen molar-refractivity contribution < 1.29 is 19.7 Å². The molecule has 136 valence electrons. The summed E-state index contributed by atoms with van der Waals surface area (Å²) < 4.78 is 5.19. The van der Waals surface area contributed by atoms with Crippen molar-refractivity contribution in [1.29, 1.82) is 5.41 Å². The number of aryl methyl sites for hydroxylation is 1. The number of benzene rings is 2. The highest BCUT2D eigenvalue weighted by Crippen LogP contribution is 2.26. The van der Waals surface area contributed by atoms with Crippen LogP contribution in [-0.2, 0) is 4.79 Å². The smallest absolute Gasteiger partial charge is 0.341 e. The Kier molecular flexibility index (Phi) is 7.12. The molecule has 0 aliphatic heterocycles. The maximum atomic E-state index is 10.6. The molecule has 0 spiro atoms. The summed E-state index contributed by atoms with van der Waals surface area (Å²) in [6.45, 7) is 1.47. The highest BCUT2D eigenvalue weighted by atomic mass is 35.5. The summed E-state index contributed by atoms with van der Waals surface area (Å²) in [5.74, 6) is 0.198. The van der Waals surface area contributed by atoms with Gasteiger partial charge in [-0.25, -0.2) is 4.79 Å². The molecule has 2 rings (SSSR count). The van der Waals surface area contributed by atoms with Crippen LogP contribution in [0.5, 0.6) is 5.75 Å². The normalized spacial score (nSPS) is 11.2. The molecule has 0 heterocycles. The Hall–Kier alpha value is -2.44. The fourth-order valence-corrected chi connectivity index (χ4v) is 3.06. The topological polar surface area (TPSA) is 93.3 Å². The molecule has 0 radical (unpaired) electrons. The number of halogens is 1. The number of carboxylic acid groups (broad SMARTS) is 1. The lowest BCUT2D eigenvalue weighted by Crippen LogP contribution is -2.10. The van der Waals surface area contributed by atoms with E-state index in [-0.39, 0.29) is 12.4 Å². The van der Waals surface area contributed by atoms with E-state index in [1.54, 1.807) is 30.3 Å². The zero-order valence-electron chi connectivity index (χ0n) is 14.1. The van der Waals surface area contributed by atoms with Gasteiger partial charge in [0.05, 0.1) is 17.4 Å². The van der Waals surface area contributed by atoms with Gasteiger partial charge in [0, 0.05) is 15.7 Å². The third kappa shape index (κ3) is 6.13. The number of aliphatic carboxylic acids is 1. The minimum absolute atomic E-state index is 0.265. The van der Waals surface area contributed by atoms with Gasteiger partial charge in [-0.05, 0) is 55.0 Å². The SMILES string of the molecule is Cc1cc(SCC(=N)/C=C(\[OH2+])c2ccc(Cl)cc2)ccc1OCC(=O)O. The Morgan fingerprint density at radius 2 is 2.00 bits per heavy atom. The van der Waals surface area contributed by atoms with E-state index >= 15 is 0 Å². The molecule has 0 amide bonds. The number of hydrogen-bond donors (Lipinski definition) is 2. The van der Waals surface area contributed by atoms with Crippen molar-refractivity contribution in [2.75, 3.05) is 12.4 Å². The second kappa shape index (κ2) is 9.31. The zero-order chi connectivity index (χ0) is 19.1. The minimum Gasteiger partial charge on any atom is -0.593 e. The lowest BCUT2D eigenvalue weighted by molar-refractivity contribution is -0.139. The monoisotopic (exact) mass is 392 g/mol. The Morgan fingerprint density at radius 3 is 2.62 bits per heavy atom. The first-order valence-corrected chi connectivity index (χ1v) is 9.06. The average molecular weight is 393 g/mol. The first kappa shape index (κ1) is 19.9. The molecule has 0 aliphatic carbocycles. The number of nitrogens with one attached hydrogen (secondary N) is 1. The number of hydrogen-bond acceptors (Lipinski definition) is 4. The van der Waals surface area contributed by atoms with Crippen molar-refractivity contribution in [2.24, 2.45) is 0 Å². The number of allylic oxidation sites excluding steroid dienone is 1. The van der Waals surface area contributed by atoms with E-state index in [9.17, 15) is 4.79 Å². The van der Waals surface area contributed by atoms with E-state index in [2.05, 4.69) is 0 Å². The molecule has 0 fully saturated rings. The third-order valence-electron chi connectivity index (χ3n) is 3.37.